The highest BCUT2D eigenvalue weighted by molar-refractivity contribution is 5.57. The molecule has 80 valence electrons. The second-order valence-corrected chi connectivity index (χ2v) is 3.31. The van der Waals surface area contributed by atoms with Gasteiger partial charge in [0, 0.05) is 12.2 Å². The predicted molar refractivity (Wildman–Crippen MR) is 64.3 cm³/mol. The quantitative estimate of drug-likeness (QED) is 0.426. The van der Waals surface area contributed by atoms with Crippen LogP contribution >= 0.6 is 0 Å². The maximum Gasteiger partial charge on any atom is 0.0946 e. The van der Waals surface area contributed by atoms with Crippen molar-refractivity contribution in [1.29, 1.82) is 0 Å². The van der Waals surface area contributed by atoms with Crippen LogP contribution in [-0.2, 0) is 0 Å². The van der Waals surface area contributed by atoms with Gasteiger partial charge in [0.2, 0.25) is 0 Å². The molecule has 0 fully saturated rings. The lowest BCUT2D eigenvalue weighted by atomic mass is 10.1. The van der Waals surface area contributed by atoms with E-state index < -0.39 is 0 Å². The Morgan fingerprint density at radius 2 is 1.79 bits per heavy atom. The highest BCUT2D eigenvalue weighted by atomic mass is 15.2. The number of hydrogen-bond acceptors (Lipinski definition) is 1. The normalized spacial score (nSPS) is 10.8. The van der Waals surface area contributed by atoms with E-state index in [1.54, 1.807) is 12.5 Å². The third-order valence-corrected chi connectivity index (χ3v) is 2.18. The van der Waals surface area contributed by atoms with Gasteiger partial charge >= 0.3 is 0 Å². The van der Waals surface area contributed by atoms with Crippen molar-refractivity contribution in [3.05, 3.63) is 25.6 Å². The van der Waals surface area contributed by atoms with Gasteiger partial charge in [-0.3, -0.25) is 0 Å². The Morgan fingerprint density at radius 3 is 2.14 bits per heavy atom. The van der Waals surface area contributed by atoms with E-state index in [1.807, 2.05) is 6.20 Å². The van der Waals surface area contributed by atoms with Crippen LogP contribution in [0, 0.1) is 0 Å². The third kappa shape index (κ3) is 4.85. The second kappa shape index (κ2) is 8.54. The van der Waals surface area contributed by atoms with Gasteiger partial charge in [0.25, 0.3) is 0 Å². The largest absolute Gasteiger partial charge is 0.337 e. The predicted octanol–water partition coefficient (Wildman–Crippen LogP) is 3.57. The van der Waals surface area contributed by atoms with Crippen LogP contribution in [0.15, 0.2) is 30.6 Å². The van der Waals surface area contributed by atoms with E-state index in [1.165, 1.54) is 25.7 Å². The Bertz CT molecular complexity index is 179. The topological polar surface area (TPSA) is 15.6 Å². The molecular weight excluding hydrogens is 172 g/mol. The molecule has 0 N–H and O–H groups in total. The highest BCUT2D eigenvalue weighted by Gasteiger charge is 2.10. The Kier molecular flexibility index (Phi) is 7.90. The molecule has 2 heteroatoms. The average molecular weight is 194 g/mol. The molecular formula is C12H22N2. The van der Waals surface area contributed by atoms with Crippen LogP contribution in [-0.4, -0.2) is 17.3 Å². The molecule has 0 aliphatic carbocycles. The minimum absolute atomic E-state index is 0.534. The zero-order chi connectivity index (χ0) is 10.8. The number of hydrogen-bond donors (Lipinski definition) is 0. The van der Waals surface area contributed by atoms with Crippen molar-refractivity contribution in [1.82, 2.24) is 4.90 Å². The van der Waals surface area contributed by atoms with Crippen LogP contribution in [0.25, 0.3) is 0 Å². The fourth-order valence-electron chi connectivity index (χ4n) is 1.52. The molecule has 0 heterocycles. The van der Waals surface area contributed by atoms with Crippen LogP contribution in [0.4, 0.5) is 0 Å². The van der Waals surface area contributed by atoms with Crippen LogP contribution in [0.1, 0.15) is 39.5 Å². The monoisotopic (exact) mass is 194 g/mol. The van der Waals surface area contributed by atoms with E-state index in [0.717, 1.165) is 0 Å². The summed E-state index contributed by atoms with van der Waals surface area (Å²) in [4.78, 5) is 6.10. The molecule has 0 aromatic heterocycles. The summed E-state index contributed by atoms with van der Waals surface area (Å²) < 4.78 is 0. The van der Waals surface area contributed by atoms with Crippen molar-refractivity contribution >= 4 is 6.34 Å². The summed E-state index contributed by atoms with van der Waals surface area (Å²) in [6, 6.07) is 0.534. The van der Waals surface area contributed by atoms with E-state index >= 15 is 0 Å². The van der Waals surface area contributed by atoms with E-state index in [0.29, 0.717) is 6.04 Å². The summed E-state index contributed by atoms with van der Waals surface area (Å²) in [7, 11) is 0. The zero-order valence-corrected chi connectivity index (χ0v) is 9.45. The van der Waals surface area contributed by atoms with Crippen LogP contribution in [0.2, 0.25) is 0 Å². The van der Waals surface area contributed by atoms with Crippen molar-refractivity contribution in [3.63, 3.8) is 0 Å². The lowest BCUT2D eigenvalue weighted by molar-refractivity contribution is 0.357. The number of aliphatic imine (C=N–C) groups is 1. The lowest BCUT2D eigenvalue weighted by Crippen LogP contribution is -2.29. The van der Waals surface area contributed by atoms with Crippen molar-refractivity contribution in [3.8, 4) is 0 Å². The summed E-state index contributed by atoms with van der Waals surface area (Å²) >= 11 is 0. The molecule has 0 rings (SSSR count). The third-order valence-electron chi connectivity index (χ3n) is 2.18. The average Bonchev–Trinajstić information content (AvgIpc) is 2.19. The molecule has 14 heavy (non-hydrogen) atoms. The van der Waals surface area contributed by atoms with Gasteiger partial charge in [-0.15, -0.1) is 0 Å². The number of rotatable bonds is 8. The molecule has 0 aliphatic heterocycles. The van der Waals surface area contributed by atoms with E-state index in [2.05, 4.69) is 36.9 Å². The molecule has 0 unspecified atom stereocenters. The van der Waals surface area contributed by atoms with Crippen LogP contribution in [0.3, 0.4) is 0 Å². The van der Waals surface area contributed by atoms with Crippen molar-refractivity contribution in [2.75, 3.05) is 0 Å². The minimum atomic E-state index is 0.534. The SMILES string of the molecule is C=CN=CN(C=C)C(CCC)CCC. The summed E-state index contributed by atoms with van der Waals surface area (Å²) in [5.74, 6) is 0. The molecule has 0 saturated heterocycles. The fourth-order valence-corrected chi connectivity index (χ4v) is 1.52. The number of nitrogens with zero attached hydrogens (tertiary/aromatic N) is 2. The Hall–Kier alpha value is -1.05. The maximum absolute atomic E-state index is 4.02. The van der Waals surface area contributed by atoms with Gasteiger partial charge in [-0.2, -0.15) is 0 Å². The summed E-state index contributed by atoms with van der Waals surface area (Å²) in [6.45, 7) is 11.8. The van der Waals surface area contributed by atoms with E-state index in [9.17, 15) is 0 Å². The van der Waals surface area contributed by atoms with Crippen LogP contribution < -0.4 is 0 Å². The van der Waals surface area contributed by atoms with Gasteiger partial charge in [-0.05, 0) is 19.0 Å². The van der Waals surface area contributed by atoms with Crippen molar-refractivity contribution < 1.29 is 0 Å². The van der Waals surface area contributed by atoms with E-state index in [-0.39, 0.29) is 0 Å². The van der Waals surface area contributed by atoms with Gasteiger partial charge < -0.3 is 4.90 Å². The lowest BCUT2D eigenvalue weighted by Gasteiger charge is -2.25. The standard InChI is InChI=1S/C12H22N2/c1-5-9-12(10-6-2)14(8-4)11-13-7-3/h7-8,11-12H,3-6,9-10H2,1-2H3. The summed E-state index contributed by atoms with van der Waals surface area (Å²) in [6.07, 6.45) is 9.93. The first-order chi connectivity index (χ1) is 6.79. The van der Waals surface area contributed by atoms with Gasteiger partial charge in [0.1, 0.15) is 0 Å². The first kappa shape index (κ1) is 12.9. The Labute approximate surface area is 88.0 Å². The van der Waals surface area contributed by atoms with Crippen molar-refractivity contribution in [2.45, 2.75) is 45.6 Å². The van der Waals surface area contributed by atoms with Gasteiger partial charge in [0.15, 0.2) is 0 Å². The Morgan fingerprint density at radius 1 is 1.21 bits per heavy atom. The van der Waals surface area contributed by atoms with Crippen LogP contribution in [0.5, 0.6) is 0 Å². The molecule has 0 aromatic carbocycles. The molecule has 0 radical (unpaired) electrons. The molecule has 0 atom stereocenters. The molecule has 0 saturated carbocycles. The molecule has 0 bridgehead atoms. The van der Waals surface area contributed by atoms with Gasteiger partial charge in [0.05, 0.1) is 6.34 Å². The first-order valence-corrected chi connectivity index (χ1v) is 5.34. The molecule has 0 aromatic rings. The second-order valence-electron chi connectivity index (χ2n) is 3.31. The zero-order valence-electron chi connectivity index (χ0n) is 9.45. The molecule has 0 aliphatic rings. The molecule has 0 spiro atoms. The molecule has 2 nitrogen and oxygen atoms in total. The van der Waals surface area contributed by atoms with Gasteiger partial charge in [-0.1, -0.05) is 39.8 Å². The maximum atomic E-state index is 4.02. The minimum Gasteiger partial charge on any atom is -0.337 e. The highest BCUT2D eigenvalue weighted by Crippen LogP contribution is 2.11. The van der Waals surface area contributed by atoms with Crippen molar-refractivity contribution in [2.24, 2.45) is 4.99 Å². The van der Waals surface area contributed by atoms with Gasteiger partial charge in [-0.25, -0.2) is 4.99 Å². The fraction of sp³-hybridized carbons (Fsp3) is 0.583. The smallest absolute Gasteiger partial charge is 0.0946 e. The Balaban J connectivity index is 4.31. The first-order valence-electron chi connectivity index (χ1n) is 5.34. The molecule has 0 amide bonds. The van der Waals surface area contributed by atoms with E-state index in [4.69, 9.17) is 0 Å². The summed E-state index contributed by atoms with van der Waals surface area (Å²) in [5, 5.41) is 0. The summed E-state index contributed by atoms with van der Waals surface area (Å²) in [5.41, 5.74) is 0.